The van der Waals surface area contributed by atoms with Crippen LogP contribution in [0.25, 0.3) is 33.5 Å². The topological polar surface area (TPSA) is 66.0 Å². The van der Waals surface area contributed by atoms with Crippen LogP contribution in [0.2, 0.25) is 0 Å². The first-order valence-corrected chi connectivity index (χ1v) is 8.15. The SMILES string of the molecule is O=C(CO)c1ccc2nc(-c3ccc(-c4ccccc4F)cc3)[nH]c2c1. The molecule has 0 bridgehead atoms. The maximum Gasteiger partial charge on any atom is 0.188 e. The Hall–Kier alpha value is -3.31. The average molecular weight is 346 g/mol. The number of carbonyl (C=O) groups is 1. The molecule has 0 spiro atoms. The van der Waals surface area contributed by atoms with Crippen LogP contribution in [0.15, 0.2) is 66.7 Å². The maximum atomic E-state index is 13.9. The van der Waals surface area contributed by atoms with Crippen molar-refractivity contribution in [1.82, 2.24) is 9.97 Å². The van der Waals surface area contributed by atoms with Gasteiger partial charge >= 0.3 is 0 Å². The van der Waals surface area contributed by atoms with Crippen LogP contribution >= 0.6 is 0 Å². The van der Waals surface area contributed by atoms with Crippen LogP contribution in [0.4, 0.5) is 4.39 Å². The van der Waals surface area contributed by atoms with E-state index >= 15 is 0 Å². The lowest BCUT2D eigenvalue weighted by molar-refractivity contribution is 0.0904. The second-order valence-electron chi connectivity index (χ2n) is 5.96. The Kier molecular flexibility index (Phi) is 4.07. The Morgan fingerprint density at radius 1 is 1.00 bits per heavy atom. The number of aliphatic hydroxyl groups is 1. The summed E-state index contributed by atoms with van der Waals surface area (Å²) in [5, 5.41) is 8.98. The number of Topliss-reactive ketones (excluding diaryl/α,β-unsaturated/α-hetero) is 1. The molecule has 3 aromatic carbocycles. The number of nitrogens with zero attached hydrogens (tertiary/aromatic N) is 1. The summed E-state index contributed by atoms with van der Waals surface area (Å²) in [4.78, 5) is 19.3. The molecule has 0 saturated carbocycles. The van der Waals surface area contributed by atoms with Crippen molar-refractivity contribution in [2.75, 3.05) is 6.61 Å². The third-order valence-electron chi connectivity index (χ3n) is 4.29. The number of imidazole rings is 1. The van der Waals surface area contributed by atoms with Crippen molar-refractivity contribution in [2.24, 2.45) is 0 Å². The number of aromatic amines is 1. The summed E-state index contributed by atoms with van der Waals surface area (Å²) in [6.07, 6.45) is 0. The quantitative estimate of drug-likeness (QED) is 0.544. The number of nitrogens with one attached hydrogen (secondary N) is 1. The van der Waals surface area contributed by atoms with E-state index < -0.39 is 6.61 Å². The molecule has 4 nitrogen and oxygen atoms in total. The summed E-state index contributed by atoms with van der Waals surface area (Å²) in [5.74, 6) is 0.0658. The minimum absolute atomic E-state index is 0.259. The van der Waals surface area contributed by atoms with E-state index in [1.165, 1.54) is 6.07 Å². The molecule has 4 rings (SSSR count). The van der Waals surface area contributed by atoms with Gasteiger partial charge in [-0.1, -0.05) is 42.5 Å². The van der Waals surface area contributed by atoms with E-state index in [1.807, 2.05) is 24.3 Å². The van der Waals surface area contributed by atoms with Crippen molar-refractivity contribution in [3.05, 3.63) is 78.1 Å². The molecule has 0 saturated heterocycles. The normalized spacial score (nSPS) is 11.0. The number of benzene rings is 3. The van der Waals surface area contributed by atoms with Crippen molar-refractivity contribution in [1.29, 1.82) is 0 Å². The highest BCUT2D eigenvalue weighted by Crippen LogP contribution is 2.26. The van der Waals surface area contributed by atoms with E-state index in [9.17, 15) is 9.18 Å². The van der Waals surface area contributed by atoms with Gasteiger partial charge in [-0.3, -0.25) is 4.79 Å². The number of fused-ring (bicyclic) bond motifs is 1. The first kappa shape index (κ1) is 16.2. The fraction of sp³-hybridized carbons (Fsp3) is 0.0476. The zero-order valence-corrected chi connectivity index (χ0v) is 13.7. The first-order chi connectivity index (χ1) is 12.7. The lowest BCUT2D eigenvalue weighted by atomic mass is 10.0. The van der Waals surface area contributed by atoms with Crippen LogP contribution in [-0.4, -0.2) is 27.5 Å². The lowest BCUT2D eigenvalue weighted by Gasteiger charge is -2.04. The second-order valence-corrected chi connectivity index (χ2v) is 5.96. The molecule has 0 aliphatic heterocycles. The highest BCUT2D eigenvalue weighted by molar-refractivity contribution is 5.99. The predicted octanol–water partition coefficient (Wildman–Crippen LogP) is 4.21. The van der Waals surface area contributed by atoms with Gasteiger partial charge < -0.3 is 10.1 Å². The second kappa shape index (κ2) is 6.54. The van der Waals surface area contributed by atoms with Gasteiger partial charge in [0.2, 0.25) is 0 Å². The molecule has 0 fully saturated rings. The van der Waals surface area contributed by atoms with E-state index in [-0.39, 0.29) is 11.6 Å². The molecule has 26 heavy (non-hydrogen) atoms. The van der Waals surface area contributed by atoms with Gasteiger partial charge in [0.1, 0.15) is 18.2 Å². The van der Waals surface area contributed by atoms with Gasteiger partial charge in [0, 0.05) is 16.7 Å². The highest BCUT2D eigenvalue weighted by atomic mass is 19.1. The van der Waals surface area contributed by atoms with Crippen molar-refractivity contribution in [2.45, 2.75) is 0 Å². The van der Waals surface area contributed by atoms with E-state index in [4.69, 9.17) is 5.11 Å². The summed E-state index contributed by atoms with van der Waals surface area (Å²) in [6, 6.07) is 19.2. The average Bonchev–Trinajstić information content (AvgIpc) is 3.11. The van der Waals surface area contributed by atoms with E-state index in [2.05, 4.69) is 9.97 Å². The molecule has 0 aliphatic carbocycles. The molecule has 0 atom stereocenters. The summed E-state index contributed by atoms with van der Waals surface area (Å²) < 4.78 is 13.9. The van der Waals surface area contributed by atoms with Crippen molar-refractivity contribution in [3.63, 3.8) is 0 Å². The Balaban J connectivity index is 1.69. The molecule has 128 valence electrons. The highest BCUT2D eigenvalue weighted by Gasteiger charge is 2.10. The van der Waals surface area contributed by atoms with Gasteiger partial charge in [0.15, 0.2) is 5.78 Å². The van der Waals surface area contributed by atoms with Gasteiger partial charge in [-0.15, -0.1) is 0 Å². The third kappa shape index (κ3) is 2.89. The number of ketones is 1. The fourth-order valence-electron chi connectivity index (χ4n) is 2.91. The van der Waals surface area contributed by atoms with Crippen LogP contribution in [-0.2, 0) is 0 Å². The number of carbonyl (C=O) groups excluding carboxylic acids is 1. The Morgan fingerprint density at radius 3 is 2.46 bits per heavy atom. The van der Waals surface area contributed by atoms with Crippen LogP contribution in [0.5, 0.6) is 0 Å². The molecule has 0 radical (unpaired) electrons. The van der Waals surface area contributed by atoms with E-state index in [0.29, 0.717) is 17.0 Å². The largest absolute Gasteiger partial charge is 0.388 e. The summed E-state index contributed by atoms with van der Waals surface area (Å²) in [6.45, 7) is -0.524. The lowest BCUT2D eigenvalue weighted by Crippen LogP contribution is -2.03. The Labute approximate surface area is 149 Å². The Morgan fingerprint density at radius 2 is 1.73 bits per heavy atom. The number of hydrogen-bond donors (Lipinski definition) is 2. The predicted molar refractivity (Wildman–Crippen MR) is 98.3 cm³/mol. The molecule has 0 amide bonds. The first-order valence-electron chi connectivity index (χ1n) is 8.15. The molecule has 5 heteroatoms. The Bertz CT molecular complexity index is 1100. The van der Waals surface area contributed by atoms with Crippen LogP contribution in [0.1, 0.15) is 10.4 Å². The molecular weight excluding hydrogens is 331 g/mol. The van der Waals surface area contributed by atoms with Gasteiger partial charge in [-0.05, 0) is 29.8 Å². The van der Waals surface area contributed by atoms with Gasteiger partial charge in [0.05, 0.1) is 11.0 Å². The molecule has 4 aromatic rings. The minimum atomic E-state index is -0.524. The van der Waals surface area contributed by atoms with Crippen molar-refractivity contribution < 1.29 is 14.3 Å². The number of rotatable bonds is 4. The summed E-state index contributed by atoms with van der Waals surface area (Å²) in [5.41, 5.74) is 4.08. The monoisotopic (exact) mass is 346 g/mol. The zero-order valence-electron chi connectivity index (χ0n) is 13.7. The number of halogens is 1. The van der Waals surface area contributed by atoms with Crippen LogP contribution in [0.3, 0.4) is 0 Å². The number of aromatic nitrogens is 2. The summed E-state index contributed by atoms with van der Waals surface area (Å²) >= 11 is 0. The zero-order chi connectivity index (χ0) is 18.1. The van der Waals surface area contributed by atoms with Crippen LogP contribution < -0.4 is 0 Å². The molecule has 1 heterocycles. The molecule has 0 aliphatic rings. The fourth-order valence-corrected chi connectivity index (χ4v) is 2.91. The maximum absolute atomic E-state index is 13.9. The molecule has 1 aromatic heterocycles. The molecule has 2 N–H and O–H groups in total. The van der Waals surface area contributed by atoms with Crippen molar-refractivity contribution in [3.8, 4) is 22.5 Å². The minimum Gasteiger partial charge on any atom is -0.388 e. The number of hydrogen-bond acceptors (Lipinski definition) is 3. The van der Waals surface area contributed by atoms with E-state index in [1.54, 1.807) is 36.4 Å². The van der Waals surface area contributed by atoms with Gasteiger partial charge in [-0.25, -0.2) is 9.37 Å². The van der Waals surface area contributed by atoms with Crippen LogP contribution in [0, 0.1) is 5.82 Å². The number of aliphatic hydroxyl groups excluding tert-OH is 1. The number of H-pyrrole nitrogens is 1. The van der Waals surface area contributed by atoms with Crippen molar-refractivity contribution >= 4 is 16.8 Å². The van der Waals surface area contributed by atoms with Gasteiger partial charge in [0.25, 0.3) is 0 Å². The summed E-state index contributed by atoms with van der Waals surface area (Å²) in [7, 11) is 0. The standard InChI is InChI=1S/C21H15FN2O2/c22-17-4-2-1-3-16(17)13-5-7-14(8-6-13)21-23-18-10-9-15(20(26)12-25)11-19(18)24-21/h1-11,25H,12H2,(H,23,24). The van der Waals surface area contributed by atoms with E-state index in [0.717, 1.165) is 22.2 Å². The smallest absolute Gasteiger partial charge is 0.188 e. The van der Waals surface area contributed by atoms with Gasteiger partial charge in [-0.2, -0.15) is 0 Å². The molecular formula is C21H15FN2O2. The molecule has 0 unspecified atom stereocenters. The third-order valence-corrected chi connectivity index (χ3v) is 4.29.